The molecule has 0 saturated heterocycles. The van der Waals surface area contributed by atoms with E-state index in [1.807, 2.05) is 30.5 Å². The molecule has 0 atom stereocenters. The molecule has 200 valence electrons. The van der Waals surface area contributed by atoms with Crippen LogP contribution < -0.4 is 0 Å². The summed E-state index contributed by atoms with van der Waals surface area (Å²) >= 11 is 1.54. The highest BCUT2D eigenvalue weighted by Crippen LogP contribution is 2.25. The van der Waals surface area contributed by atoms with Crippen molar-refractivity contribution in [2.24, 2.45) is 0 Å². The number of amides is 1. The number of hydrogen-bond donors (Lipinski definition) is 0. The van der Waals surface area contributed by atoms with E-state index >= 15 is 0 Å². The Kier molecular flexibility index (Phi) is 9.63. The topological polar surface area (TPSA) is 66.9 Å². The van der Waals surface area contributed by atoms with Gasteiger partial charge in [-0.25, -0.2) is 12.8 Å². The van der Waals surface area contributed by atoms with E-state index < -0.39 is 10.0 Å². The molecule has 3 rings (SSSR count). The Hall–Kier alpha value is -2.59. The van der Waals surface area contributed by atoms with Crippen LogP contribution in [0.25, 0.3) is 0 Å². The van der Waals surface area contributed by atoms with Gasteiger partial charge in [-0.05, 0) is 64.7 Å². The summed E-state index contributed by atoms with van der Waals surface area (Å²) in [6, 6.07) is 14.7. The number of halogens is 1. The summed E-state index contributed by atoms with van der Waals surface area (Å²) in [7, 11) is -2.46. The van der Waals surface area contributed by atoms with E-state index in [4.69, 9.17) is 4.74 Å². The lowest BCUT2D eigenvalue weighted by atomic mass is 9.87. The summed E-state index contributed by atoms with van der Waals surface area (Å²) in [5.74, 6) is -0.701. The van der Waals surface area contributed by atoms with Crippen molar-refractivity contribution in [3.05, 3.63) is 87.4 Å². The normalized spacial score (nSPS) is 12.2. The van der Waals surface area contributed by atoms with Crippen molar-refractivity contribution in [3.63, 3.8) is 0 Å². The summed E-state index contributed by atoms with van der Waals surface area (Å²) < 4.78 is 46.9. The van der Waals surface area contributed by atoms with Crippen LogP contribution in [0, 0.1) is 12.7 Å². The maximum absolute atomic E-state index is 13.6. The predicted molar refractivity (Wildman–Crippen MR) is 145 cm³/mol. The smallest absolute Gasteiger partial charge is 0.243 e. The molecule has 0 N–H and O–H groups in total. The third kappa shape index (κ3) is 7.70. The molecule has 0 unspecified atom stereocenters. The Morgan fingerprint density at radius 1 is 1.00 bits per heavy atom. The summed E-state index contributed by atoms with van der Waals surface area (Å²) in [6.07, 6.45) is 0. The van der Waals surface area contributed by atoms with Crippen LogP contribution >= 0.6 is 11.3 Å². The lowest BCUT2D eigenvalue weighted by molar-refractivity contribution is -0.132. The van der Waals surface area contributed by atoms with Gasteiger partial charge in [-0.2, -0.15) is 4.31 Å². The van der Waals surface area contributed by atoms with Gasteiger partial charge in [-0.15, -0.1) is 11.3 Å². The number of benzene rings is 2. The number of methoxy groups -OCH3 is 1. The largest absolute Gasteiger partial charge is 0.383 e. The molecular formula is C28H35FN2O4S2. The molecule has 1 amide bonds. The average molecular weight is 547 g/mol. The van der Waals surface area contributed by atoms with Crippen LogP contribution in [0.4, 0.5) is 4.39 Å². The maximum Gasteiger partial charge on any atom is 0.243 e. The molecule has 0 aliphatic heterocycles. The number of rotatable bonds is 11. The van der Waals surface area contributed by atoms with Crippen LogP contribution in [-0.2, 0) is 38.1 Å². The Balaban J connectivity index is 1.88. The number of nitrogens with zero attached hydrogens (tertiary/aromatic N) is 2. The number of hydrogen-bond acceptors (Lipinski definition) is 5. The van der Waals surface area contributed by atoms with E-state index in [2.05, 4.69) is 20.8 Å². The first-order chi connectivity index (χ1) is 17.4. The predicted octanol–water partition coefficient (Wildman–Crippen LogP) is 5.36. The van der Waals surface area contributed by atoms with Crippen molar-refractivity contribution < 1.29 is 22.3 Å². The molecule has 37 heavy (non-hydrogen) atoms. The van der Waals surface area contributed by atoms with Gasteiger partial charge in [0.15, 0.2) is 0 Å². The lowest BCUT2D eigenvalue weighted by Crippen LogP contribution is -2.43. The monoisotopic (exact) mass is 546 g/mol. The van der Waals surface area contributed by atoms with Crippen molar-refractivity contribution in [2.45, 2.75) is 51.1 Å². The first-order valence-corrected chi connectivity index (χ1v) is 14.4. The fourth-order valence-electron chi connectivity index (χ4n) is 3.79. The van der Waals surface area contributed by atoms with Gasteiger partial charge >= 0.3 is 0 Å². The number of sulfonamides is 1. The molecule has 0 bridgehead atoms. The van der Waals surface area contributed by atoms with E-state index in [0.717, 1.165) is 21.6 Å². The fraction of sp³-hybridized carbons (Fsp3) is 0.393. The molecule has 1 aromatic heterocycles. The second kappa shape index (κ2) is 12.3. The summed E-state index contributed by atoms with van der Waals surface area (Å²) in [4.78, 5) is 16.4. The van der Waals surface area contributed by atoms with Crippen LogP contribution in [0.2, 0.25) is 0 Å². The Labute approximate surface area is 223 Å². The SMILES string of the molecule is COCCN(CC(=O)N(Cc1ccc(F)cc1)Cc1sccc1C)S(=O)(=O)c1ccc(C(C)(C)C)cc1. The molecule has 0 aliphatic carbocycles. The minimum atomic E-state index is -3.95. The van der Waals surface area contributed by atoms with Crippen molar-refractivity contribution in [1.29, 1.82) is 0 Å². The van der Waals surface area contributed by atoms with Gasteiger partial charge in [0.2, 0.25) is 15.9 Å². The number of ether oxygens (including phenoxy) is 1. The van der Waals surface area contributed by atoms with Crippen LogP contribution in [0.5, 0.6) is 0 Å². The summed E-state index contributed by atoms with van der Waals surface area (Å²) in [6.45, 7) is 8.57. The standard InChI is InChI=1S/C28H35FN2O4S2/c1-21-14-17-36-26(21)19-30(18-22-6-10-24(29)11-7-22)27(32)20-31(15-16-35-5)37(33,34)25-12-8-23(9-13-25)28(2,3)4/h6-14,17H,15-16,18-20H2,1-5H3. The van der Waals surface area contributed by atoms with Crippen molar-refractivity contribution >= 4 is 27.3 Å². The molecule has 1 heterocycles. The number of carbonyl (C=O) groups is 1. The van der Waals surface area contributed by atoms with Gasteiger partial charge < -0.3 is 9.64 Å². The van der Waals surface area contributed by atoms with Gasteiger partial charge in [0.1, 0.15) is 5.82 Å². The van der Waals surface area contributed by atoms with Crippen molar-refractivity contribution in [1.82, 2.24) is 9.21 Å². The zero-order valence-corrected chi connectivity index (χ0v) is 23.7. The molecule has 0 spiro atoms. The zero-order valence-electron chi connectivity index (χ0n) is 22.0. The third-order valence-corrected chi connectivity index (χ3v) is 9.02. The van der Waals surface area contributed by atoms with E-state index in [-0.39, 0.29) is 48.3 Å². The molecule has 6 nitrogen and oxygen atoms in total. The van der Waals surface area contributed by atoms with Gasteiger partial charge in [0, 0.05) is 25.1 Å². The van der Waals surface area contributed by atoms with Gasteiger partial charge in [-0.3, -0.25) is 4.79 Å². The van der Waals surface area contributed by atoms with Gasteiger partial charge in [-0.1, -0.05) is 45.0 Å². The fourth-order valence-corrected chi connectivity index (χ4v) is 6.08. The molecule has 3 aromatic rings. The lowest BCUT2D eigenvalue weighted by Gasteiger charge is -2.27. The molecule has 0 radical (unpaired) electrons. The zero-order chi connectivity index (χ0) is 27.2. The first-order valence-electron chi connectivity index (χ1n) is 12.1. The number of thiophene rings is 1. The highest BCUT2D eigenvalue weighted by atomic mass is 32.2. The van der Waals surface area contributed by atoms with Crippen LogP contribution in [0.15, 0.2) is 64.9 Å². The molecule has 0 saturated carbocycles. The highest BCUT2D eigenvalue weighted by molar-refractivity contribution is 7.89. The van der Waals surface area contributed by atoms with Crippen LogP contribution in [-0.4, -0.2) is 50.3 Å². The maximum atomic E-state index is 13.6. The van der Waals surface area contributed by atoms with Gasteiger partial charge in [0.05, 0.1) is 24.6 Å². The quantitative estimate of drug-likeness (QED) is 0.325. The molecular weight excluding hydrogens is 511 g/mol. The first kappa shape index (κ1) is 29.0. The van der Waals surface area contributed by atoms with Crippen molar-refractivity contribution in [3.8, 4) is 0 Å². The summed E-state index contributed by atoms with van der Waals surface area (Å²) in [5.41, 5.74) is 2.72. The number of carbonyl (C=O) groups excluding carboxylic acids is 1. The molecule has 0 fully saturated rings. The minimum Gasteiger partial charge on any atom is -0.383 e. The van der Waals surface area contributed by atoms with E-state index in [9.17, 15) is 17.6 Å². The van der Waals surface area contributed by atoms with Crippen LogP contribution in [0.3, 0.4) is 0 Å². The van der Waals surface area contributed by atoms with Crippen LogP contribution in [0.1, 0.15) is 42.3 Å². The molecule has 9 heteroatoms. The third-order valence-electron chi connectivity index (χ3n) is 6.16. The van der Waals surface area contributed by atoms with E-state index in [1.165, 1.54) is 23.5 Å². The summed E-state index contributed by atoms with van der Waals surface area (Å²) in [5, 5.41) is 1.96. The Bertz CT molecular complexity index is 1280. The molecule has 0 aliphatic rings. The highest BCUT2D eigenvalue weighted by Gasteiger charge is 2.29. The van der Waals surface area contributed by atoms with E-state index in [0.29, 0.717) is 6.54 Å². The van der Waals surface area contributed by atoms with Gasteiger partial charge in [0.25, 0.3) is 0 Å². The minimum absolute atomic E-state index is 0.0357. The Morgan fingerprint density at radius 2 is 1.65 bits per heavy atom. The number of aryl methyl sites for hydroxylation is 1. The Morgan fingerprint density at radius 3 is 2.19 bits per heavy atom. The van der Waals surface area contributed by atoms with Crippen molar-refractivity contribution in [2.75, 3.05) is 26.8 Å². The molecule has 2 aromatic carbocycles. The van der Waals surface area contributed by atoms with E-state index in [1.54, 1.807) is 40.5 Å². The second-order valence-corrected chi connectivity index (χ2v) is 12.9. The second-order valence-electron chi connectivity index (χ2n) is 10.0. The average Bonchev–Trinajstić information content (AvgIpc) is 3.26.